The van der Waals surface area contributed by atoms with E-state index in [1.807, 2.05) is 37.3 Å². The standard InChI is InChI=1S/C28H19NO3S/c1-3-8-16(9-4-2)33-22-13-7-11-18-23(22)27(31)19-14-15-20-25(24(19)28(18)32)29-21-12-6-5-10-17(21)26(20)30/h3-15H,1H2,2H3,(H,29,30)/b9-4-,16-8+. The van der Waals surface area contributed by atoms with Crippen molar-refractivity contribution in [2.75, 3.05) is 0 Å². The molecule has 160 valence electrons. The van der Waals surface area contributed by atoms with E-state index in [9.17, 15) is 14.4 Å². The molecule has 0 amide bonds. The fraction of sp³-hybridized carbons (Fsp3) is 0.0357. The number of aromatic nitrogens is 1. The van der Waals surface area contributed by atoms with Crippen molar-refractivity contribution in [3.8, 4) is 0 Å². The SMILES string of the molecule is C=C/C=C(\C=C/C)Sc1cccc2c1C(=O)c1ccc3c(=O)c4ccccc4[nH]c3c1C2=O. The lowest BCUT2D eigenvalue weighted by Gasteiger charge is -2.21. The zero-order valence-electron chi connectivity index (χ0n) is 17.8. The van der Waals surface area contributed by atoms with Crippen LogP contribution < -0.4 is 5.43 Å². The van der Waals surface area contributed by atoms with Gasteiger partial charge >= 0.3 is 0 Å². The normalized spacial score (nSPS) is 13.5. The van der Waals surface area contributed by atoms with Gasteiger partial charge in [-0.05, 0) is 43.3 Å². The van der Waals surface area contributed by atoms with Crippen LogP contribution in [0.5, 0.6) is 0 Å². The van der Waals surface area contributed by atoms with Crippen LogP contribution >= 0.6 is 11.8 Å². The molecule has 3 aromatic carbocycles. The third-order valence-corrected chi connectivity index (χ3v) is 6.76. The van der Waals surface area contributed by atoms with Gasteiger partial charge in [-0.15, -0.1) is 0 Å². The van der Waals surface area contributed by atoms with E-state index in [4.69, 9.17) is 0 Å². The molecular formula is C28H19NO3S. The fourth-order valence-electron chi connectivity index (χ4n) is 4.26. The highest BCUT2D eigenvalue weighted by Gasteiger charge is 2.34. The molecule has 0 unspecified atom stereocenters. The molecule has 0 fully saturated rings. The van der Waals surface area contributed by atoms with Gasteiger partial charge in [0, 0.05) is 42.8 Å². The quantitative estimate of drug-likeness (QED) is 0.202. The molecule has 4 aromatic rings. The molecule has 5 heteroatoms. The van der Waals surface area contributed by atoms with Gasteiger partial charge in [-0.1, -0.05) is 60.8 Å². The van der Waals surface area contributed by atoms with Crippen LogP contribution in [0, 0.1) is 0 Å². The number of nitrogens with one attached hydrogen (secondary N) is 1. The Bertz CT molecular complexity index is 1620. The monoisotopic (exact) mass is 449 g/mol. The van der Waals surface area contributed by atoms with E-state index >= 15 is 0 Å². The first-order valence-corrected chi connectivity index (χ1v) is 11.3. The molecule has 33 heavy (non-hydrogen) atoms. The molecule has 1 aromatic heterocycles. The summed E-state index contributed by atoms with van der Waals surface area (Å²) < 4.78 is 0. The predicted molar refractivity (Wildman–Crippen MR) is 134 cm³/mol. The number of allylic oxidation sites excluding steroid dienone is 4. The molecule has 5 rings (SSSR count). The first-order chi connectivity index (χ1) is 16.0. The summed E-state index contributed by atoms with van der Waals surface area (Å²) in [6.45, 7) is 5.67. The molecule has 0 atom stereocenters. The summed E-state index contributed by atoms with van der Waals surface area (Å²) in [5, 5.41) is 0.941. The van der Waals surface area contributed by atoms with Gasteiger partial charge in [0.05, 0.1) is 11.1 Å². The maximum Gasteiger partial charge on any atom is 0.197 e. The lowest BCUT2D eigenvalue weighted by Crippen LogP contribution is -2.23. The fourth-order valence-corrected chi connectivity index (χ4v) is 5.33. The van der Waals surface area contributed by atoms with Crippen molar-refractivity contribution in [2.24, 2.45) is 0 Å². The van der Waals surface area contributed by atoms with Gasteiger partial charge in [0.1, 0.15) is 0 Å². The number of para-hydroxylation sites is 1. The Kier molecular flexibility index (Phi) is 5.19. The first-order valence-electron chi connectivity index (χ1n) is 10.5. The van der Waals surface area contributed by atoms with Crippen molar-refractivity contribution in [3.05, 3.63) is 123 Å². The second-order valence-corrected chi connectivity index (χ2v) is 8.77. The van der Waals surface area contributed by atoms with E-state index in [0.29, 0.717) is 43.4 Å². The van der Waals surface area contributed by atoms with Crippen LogP contribution in [0.15, 0.2) is 100 Å². The van der Waals surface area contributed by atoms with Crippen molar-refractivity contribution < 1.29 is 9.59 Å². The van der Waals surface area contributed by atoms with E-state index in [1.54, 1.807) is 48.5 Å². The summed E-state index contributed by atoms with van der Waals surface area (Å²) in [6, 6.07) is 15.7. The summed E-state index contributed by atoms with van der Waals surface area (Å²) in [6.07, 6.45) is 7.38. The van der Waals surface area contributed by atoms with Crippen LogP contribution in [0.3, 0.4) is 0 Å². The van der Waals surface area contributed by atoms with E-state index < -0.39 is 0 Å². The minimum Gasteiger partial charge on any atom is -0.354 e. The number of carbonyl (C=O) groups excluding carboxylic acids is 2. The average molecular weight is 450 g/mol. The van der Waals surface area contributed by atoms with Gasteiger partial charge in [-0.2, -0.15) is 0 Å². The summed E-state index contributed by atoms with van der Waals surface area (Å²) >= 11 is 1.41. The average Bonchev–Trinajstić information content (AvgIpc) is 2.82. The third-order valence-electron chi connectivity index (χ3n) is 5.69. The maximum atomic E-state index is 13.7. The highest BCUT2D eigenvalue weighted by atomic mass is 32.2. The molecule has 0 bridgehead atoms. The molecule has 1 aliphatic carbocycles. The van der Waals surface area contributed by atoms with Crippen LogP contribution in [-0.4, -0.2) is 16.6 Å². The molecule has 1 N–H and O–H groups in total. The Morgan fingerprint density at radius 3 is 2.42 bits per heavy atom. The van der Waals surface area contributed by atoms with Crippen LogP contribution in [0.4, 0.5) is 0 Å². The molecule has 0 radical (unpaired) electrons. The van der Waals surface area contributed by atoms with Gasteiger partial charge in [-0.3, -0.25) is 14.4 Å². The van der Waals surface area contributed by atoms with E-state index in [0.717, 1.165) is 4.91 Å². The van der Waals surface area contributed by atoms with Crippen LogP contribution in [0.2, 0.25) is 0 Å². The van der Waals surface area contributed by atoms with Crippen molar-refractivity contribution in [1.29, 1.82) is 0 Å². The number of hydrogen-bond acceptors (Lipinski definition) is 4. The number of H-pyrrole nitrogens is 1. The minimum absolute atomic E-state index is 0.164. The van der Waals surface area contributed by atoms with E-state index in [2.05, 4.69) is 11.6 Å². The van der Waals surface area contributed by atoms with Crippen molar-refractivity contribution in [3.63, 3.8) is 0 Å². The minimum atomic E-state index is -0.265. The van der Waals surface area contributed by atoms with Gasteiger partial charge in [0.2, 0.25) is 0 Å². The molecule has 0 spiro atoms. The second-order valence-electron chi connectivity index (χ2n) is 7.65. The maximum absolute atomic E-state index is 13.7. The first kappa shape index (κ1) is 20.9. The summed E-state index contributed by atoms with van der Waals surface area (Å²) in [7, 11) is 0. The Morgan fingerprint density at radius 2 is 1.64 bits per heavy atom. The van der Waals surface area contributed by atoms with E-state index in [1.165, 1.54) is 11.8 Å². The van der Waals surface area contributed by atoms with Crippen molar-refractivity contribution >= 4 is 45.1 Å². The number of aromatic amines is 1. The Morgan fingerprint density at radius 1 is 0.879 bits per heavy atom. The number of thioether (sulfide) groups is 1. The Hall–Kier alpha value is -3.96. The Balaban J connectivity index is 1.75. The summed E-state index contributed by atoms with van der Waals surface area (Å²) in [4.78, 5) is 45.2. The molecule has 0 saturated heterocycles. The predicted octanol–water partition coefficient (Wildman–Crippen LogP) is 6.19. The molecule has 0 saturated carbocycles. The highest BCUT2D eigenvalue weighted by molar-refractivity contribution is 8.03. The third kappa shape index (κ3) is 3.29. The number of pyridine rings is 1. The molecule has 1 aliphatic rings. The smallest absolute Gasteiger partial charge is 0.197 e. The lowest BCUT2D eigenvalue weighted by molar-refractivity contribution is 0.0978. The largest absolute Gasteiger partial charge is 0.354 e. The zero-order chi connectivity index (χ0) is 23.1. The van der Waals surface area contributed by atoms with Crippen molar-refractivity contribution in [2.45, 2.75) is 11.8 Å². The second kappa shape index (κ2) is 8.19. The van der Waals surface area contributed by atoms with Gasteiger partial charge in [-0.25, -0.2) is 0 Å². The summed E-state index contributed by atoms with van der Waals surface area (Å²) in [5.41, 5.74) is 2.16. The Labute approximate surface area is 194 Å². The number of carbonyl (C=O) groups is 2. The van der Waals surface area contributed by atoms with E-state index in [-0.39, 0.29) is 22.6 Å². The number of ketones is 2. The molecule has 4 nitrogen and oxygen atoms in total. The number of fused-ring (bicyclic) bond motifs is 5. The summed E-state index contributed by atoms with van der Waals surface area (Å²) in [5.74, 6) is -0.490. The highest BCUT2D eigenvalue weighted by Crippen LogP contribution is 2.38. The topological polar surface area (TPSA) is 67.0 Å². The number of hydrogen-bond donors (Lipinski definition) is 1. The van der Waals surface area contributed by atoms with Gasteiger partial charge < -0.3 is 4.98 Å². The van der Waals surface area contributed by atoms with Gasteiger partial charge in [0.15, 0.2) is 17.0 Å². The molecule has 1 heterocycles. The van der Waals surface area contributed by atoms with Crippen molar-refractivity contribution in [1.82, 2.24) is 4.98 Å². The molecule has 0 aliphatic heterocycles. The number of rotatable bonds is 4. The van der Waals surface area contributed by atoms with Crippen LogP contribution in [-0.2, 0) is 0 Å². The van der Waals surface area contributed by atoms with Gasteiger partial charge in [0.25, 0.3) is 0 Å². The number of benzene rings is 3. The zero-order valence-corrected chi connectivity index (χ0v) is 18.7. The lowest BCUT2D eigenvalue weighted by atomic mass is 9.82. The molecular weight excluding hydrogens is 430 g/mol. The van der Waals surface area contributed by atoms with Crippen LogP contribution in [0.1, 0.15) is 38.8 Å². The van der Waals surface area contributed by atoms with Crippen LogP contribution in [0.25, 0.3) is 21.8 Å².